The quantitative estimate of drug-likeness (QED) is 0.0973. The number of aromatic nitrogens is 3. The number of carbonyl (C=O) groups excluding carboxylic acids is 3. The van der Waals surface area contributed by atoms with Crippen molar-refractivity contribution < 1.29 is 36.7 Å². The van der Waals surface area contributed by atoms with Gasteiger partial charge in [-0.2, -0.15) is 0 Å². The van der Waals surface area contributed by atoms with Crippen molar-refractivity contribution >= 4 is 55.7 Å². The monoisotopic (exact) mass is 856 g/mol. The molecule has 0 radical (unpaired) electrons. The summed E-state index contributed by atoms with van der Waals surface area (Å²) in [6.07, 6.45) is 8.88. The SMILES string of the molecule is Cn1cc2c3c(c[nH]c3c1=O)CN(c1ncc(F)cc1F)c1cc(C(=O)NCCCCCCCNc3cccc4c3CN(C3CCC(=O)NC3O)C4=O)c(CS(C)(=O)=O)cc1-2. The van der Waals surface area contributed by atoms with E-state index in [9.17, 15) is 37.1 Å². The van der Waals surface area contributed by atoms with Crippen LogP contribution in [0.2, 0.25) is 0 Å². The lowest BCUT2D eigenvalue weighted by Crippen LogP contribution is -2.55. The van der Waals surface area contributed by atoms with E-state index in [1.165, 1.54) is 15.5 Å². The molecule has 1 fully saturated rings. The number of sulfone groups is 1. The zero-order chi connectivity index (χ0) is 43.2. The number of H-pyrrole nitrogens is 1. The third kappa shape index (κ3) is 8.33. The number of benzene rings is 2. The van der Waals surface area contributed by atoms with Gasteiger partial charge in [-0.05, 0) is 54.7 Å². The molecule has 0 bridgehead atoms. The number of carbonyl (C=O) groups is 3. The van der Waals surface area contributed by atoms with Crippen LogP contribution >= 0.6 is 0 Å². The summed E-state index contributed by atoms with van der Waals surface area (Å²) in [5, 5.41) is 19.9. The van der Waals surface area contributed by atoms with Gasteiger partial charge in [-0.3, -0.25) is 19.2 Å². The van der Waals surface area contributed by atoms with Crippen molar-refractivity contribution in [1.29, 1.82) is 0 Å². The fourth-order valence-electron chi connectivity index (χ4n) is 8.68. The summed E-state index contributed by atoms with van der Waals surface area (Å²) < 4.78 is 56.4. The van der Waals surface area contributed by atoms with E-state index in [2.05, 4.69) is 25.9 Å². The van der Waals surface area contributed by atoms with E-state index < -0.39 is 45.4 Å². The maximum atomic E-state index is 15.5. The second kappa shape index (κ2) is 16.7. The van der Waals surface area contributed by atoms with Gasteiger partial charge >= 0.3 is 0 Å². The van der Waals surface area contributed by atoms with Crippen molar-refractivity contribution in [3.8, 4) is 11.1 Å². The zero-order valence-corrected chi connectivity index (χ0v) is 34.5. The Bertz CT molecular complexity index is 2750. The molecule has 1 saturated heterocycles. The van der Waals surface area contributed by atoms with Gasteiger partial charge in [-0.15, -0.1) is 0 Å². The fourth-order valence-corrected chi connectivity index (χ4v) is 9.49. The highest BCUT2D eigenvalue weighted by Gasteiger charge is 2.40. The van der Waals surface area contributed by atoms with Gasteiger partial charge in [0.25, 0.3) is 17.4 Å². The van der Waals surface area contributed by atoms with Crippen molar-refractivity contribution in [3.05, 3.63) is 105 Å². The number of aliphatic hydroxyl groups is 1. The Balaban J connectivity index is 0.920. The fraction of sp³-hybridized carbons (Fsp3) is 0.372. The minimum Gasteiger partial charge on any atom is -0.385 e. The number of pyridine rings is 2. The number of hydrogen-bond donors (Lipinski definition) is 5. The van der Waals surface area contributed by atoms with Crippen molar-refractivity contribution in [3.63, 3.8) is 0 Å². The Kier molecular flexibility index (Phi) is 11.4. The summed E-state index contributed by atoms with van der Waals surface area (Å²) in [6, 6.07) is 8.87. The topological polar surface area (TPSA) is 199 Å². The molecule has 320 valence electrons. The van der Waals surface area contributed by atoms with Crippen molar-refractivity contribution in [2.24, 2.45) is 7.05 Å². The standard InChI is InChI=1S/C43H46F2N8O7S/c1-51-21-31-29-15-24(23-61(2,59)60)28(17-35(29)52(39-32(45)16-26(44)19-49-39)20-25-18-48-38(37(25)31)43(51)58)40(55)47-14-7-5-3-4-6-13-46-33-10-8-9-27-30(33)22-53(42(27)57)34-11-12-36(54)50-41(34)56/h8-10,15-19,21,34,41,46,48,56H,3-7,11-14,20,22-23H2,1-2H3,(H,47,55)(H,50,54). The van der Waals surface area contributed by atoms with E-state index in [0.717, 1.165) is 49.4 Å². The summed E-state index contributed by atoms with van der Waals surface area (Å²) >= 11 is 0. The van der Waals surface area contributed by atoms with Crippen molar-refractivity contribution in [1.82, 2.24) is 30.1 Å². The van der Waals surface area contributed by atoms with Crippen LogP contribution in [-0.2, 0) is 40.5 Å². The first kappa shape index (κ1) is 41.6. The molecule has 3 aliphatic rings. The average molecular weight is 857 g/mol. The lowest BCUT2D eigenvalue weighted by molar-refractivity contribution is -0.129. The van der Waals surface area contributed by atoms with Crippen LogP contribution < -0.4 is 26.4 Å². The molecular weight excluding hydrogens is 811 g/mol. The summed E-state index contributed by atoms with van der Waals surface area (Å²) in [7, 11) is -2.06. The number of amides is 3. The average Bonchev–Trinajstić information content (AvgIpc) is 3.75. The molecule has 3 aromatic heterocycles. The van der Waals surface area contributed by atoms with E-state index in [1.54, 1.807) is 36.5 Å². The molecule has 0 aliphatic carbocycles. The Labute approximate surface area is 350 Å². The second-order valence-corrected chi connectivity index (χ2v) is 18.1. The summed E-state index contributed by atoms with van der Waals surface area (Å²) in [6.45, 7) is 1.34. The van der Waals surface area contributed by atoms with Gasteiger partial charge in [0.05, 0.1) is 30.2 Å². The van der Waals surface area contributed by atoms with Crippen LogP contribution in [0.5, 0.6) is 0 Å². The molecule has 8 rings (SSSR count). The zero-order valence-electron chi connectivity index (χ0n) is 33.7. The number of rotatable bonds is 14. The molecule has 6 heterocycles. The largest absolute Gasteiger partial charge is 0.385 e. The van der Waals surface area contributed by atoms with Crippen LogP contribution in [0.25, 0.3) is 22.0 Å². The highest BCUT2D eigenvalue weighted by atomic mass is 32.2. The molecule has 18 heteroatoms. The summed E-state index contributed by atoms with van der Waals surface area (Å²) in [4.78, 5) is 62.1. The second-order valence-electron chi connectivity index (χ2n) is 16.0. The Morgan fingerprint density at radius 3 is 2.52 bits per heavy atom. The minimum atomic E-state index is -3.65. The van der Waals surface area contributed by atoms with Gasteiger partial charge in [-0.1, -0.05) is 25.3 Å². The van der Waals surface area contributed by atoms with Crippen LogP contribution in [0.3, 0.4) is 0 Å². The van der Waals surface area contributed by atoms with E-state index in [0.29, 0.717) is 77.4 Å². The van der Waals surface area contributed by atoms with Crippen LogP contribution in [0.4, 0.5) is 26.0 Å². The van der Waals surface area contributed by atoms with E-state index in [4.69, 9.17) is 0 Å². The van der Waals surface area contributed by atoms with Gasteiger partial charge in [0.2, 0.25) is 5.91 Å². The normalized spacial score (nSPS) is 17.3. The Morgan fingerprint density at radius 2 is 1.77 bits per heavy atom. The number of anilines is 3. The number of nitrogens with zero attached hydrogens (tertiary/aromatic N) is 4. The van der Waals surface area contributed by atoms with Crippen LogP contribution in [0.1, 0.15) is 82.4 Å². The first-order chi connectivity index (χ1) is 29.2. The third-order valence-corrected chi connectivity index (χ3v) is 12.5. The number of fused-ring (bicyclic) bond motifs is 3. The number of aliphatic hydroxyl groups excluding tert-OH is 1. The number of hydrogen-bond acceptors (Lipinski definition) is 10. The van der Waals surface area contributed by atoms with Crippen LogP contribution in [0, 0.1) is 11.6 Å². The van der Waals surface area contributed by atoms with E-state index in [1.807, 2.05) is 12.1 Å². The first-order valence-corrected chi connectivity index (χ1v) is 22.3. The maximum absolute atomic E-state index is 15.5. The smallest absolute Gasteiger partial charge is 0.274 e. The molecule has 61 heavy (non-hydrogen) atoms. The lowest BCUT2D eigenvalue weighted by atomic mass is 9.96. The molecule has 2 aromatic carbocycles. The van der Waals surface area contributed by atoms with Gasteiger partial charge in [-0.25, -0.2) is 22.2 Å². The summed E-state index contributed by atoms with van der Waals surface area (Å²) in [5.41, 5.74) is 4.57. The summed E-state index contributed by atoms with van der Waals surface area (Å²) in [5.74, 6) is -3.39. The number of nitrogens with one attached hydrogen (secondary N) is 4. The van der Waals surface area contributed by atoms with Crippen LogP contribution in [-0.4, -0.2) is 82.3 Å². The molecule has 15 nitrogen and oxygen atoms in total. The number of unbranched alkanes of at least 4 members (excludes halogenated alkanes) is 4. The molecule has 3 aliphatic heterocycles. The maximum Gasteiger partial charge on any atom is 0.274 e. The Hall–Kier alpha value is -6.14. The molecular formula is C43H46F2N8O7S. The van der Waals surface area contributed by atoms with Gasteiger partial charge in [0.15, 0.2) is 21.5 Å². The van der Waals surface area contributed by atoms with Crippen LogP contribution in [0.15, 0.2) is 59.8 Å². The minimum absolute atomic E-state index is 0.00392. The molecule has 0 saturated carbocycles. The number of aromatic amines is 1. The van der Waals surface area contributed by atoms with Crippen molar-refractivity contribution in [2.75, 3.05) is 29.6 Å². The highest BCUT2D eigenvalue weighted by molar-refractivity contribution is 7.89. The molecule has 5 aromatic rings. The first-order valence-electron chi connectivity index (χ1n) is 20.2. The van der Waals surface area contributed by atoms with Gasteiger partial charge in [0.1, 0.15) is 17.6 Å². The molecule has 3 amide bonds. The van der Waals surface area contributed by atoms with E-state index in [-0.39, 0.29) is 47.3 Å². The Morgan fingerprint density at radius 1 is 1.00 bits per heavy atom. The molecule has 5 N–H and O–H groups in total. The predicted octanol–water partition coefficient (Wildman–Crippen LogP) is 4.75. The predicted molar refractivity (Wildman–Crippen MR) is 225 cm³/mol. The lowest BCUT2D eigenvalue weighted by Gasteiger charge is -2.35. The molecule has 2 atom stereocenters. The molecule has 0 spiro atoms. The highest BCUT2D eigenvalue weighted by Crippen LogP contribution is 2.45. The third-order valence-electron chi connectivity index (χ3n) is 11.6. The van der Waals surface area contributed by atoms with Crippen molar-refractivity contribution in [2.45, 2.75) is 76.1 Å². The number of aryl methyl sites for hydroxylation is 1. The van der Waals surface area contributed by atoms with Gasteiger partial charge in [0, 0.05) is 96.7 Å². The number of halogens is 2. The van der Waals surface area contributed by atoms with Gasteiger partial charge < -0.3 is 40.4 Å². The number of piperidine rings is 1. The molecule has 2 unspecified atom stereocenters. The van der Waals surface area contributed by atoms with E-state index >= 15 is 4.39 Å².